The summed E-state index contributed by atoms with van der Waals surface area (Å²) < 4.78 is 0. The minimum Gasteiger partial charge on any atom is -0.393 e. The van der Waals surface area contributed by atoms with Crippen molar-refractivity contribution in [2.75, 3.05) is 13.6 Å². The van der Waals surface area contributed by atoms with Gasteiger partial charge < -0.3 is 10.0 Å². The molecular formula is C19H27NO2. The molecule has 22 heavy (non-hydrogen) atoms. The Bertz CT molecular complexity index is 556. The van der Waals surface area contributed by atoms with Crippen molar-refractivity contribution in [2.45, 2.75) is 57.0 Å². The smallest absolute Gasteiger partial charge is 0.232 e. The van der Waals surface area contributed by atoms with E-state index in [-0.39, 0.29) is 17.9 Å². The fourth-order valence-electron chi connectivity index (χ4n) is 4.35. The molecule has 3 unspecified atom stereocenters. The van der Waals surface area contributed by atoms with Gasteiger partial charge in [0.25, 0.3) is 0 Å². The second-order valence-electron chi connectivity index (χ2n) is 7.29. The highest BCUT2D eigenvalue weighted by molar-refractivity contribution is 5.88. The minimum atomic E-state index is -0.410. The number of amides is 1. The number of hydrogen-bond donors (Lipinski definition) is 1. The zero-order chi connectivity index (χ0) is 15.7. The summed E-state index contributed by atoms with van der Waals surface area (Å²) in [6.45, 7) is 2.77. The van der Waals surface area contributed by atoms with Gasteiger partial charge in [-0.3, -0.25) is 4.79 Å². The van der Waals surface area contributed by atoms with Crippen molar-refractivity contribution in [2.24, 2.45) is 5.92 Å². The lowest BCUT2D eigenvalue weighted by molar-refractivity contribution is -0.137. The van der Waals surface area contributed by atoms with Crippen LogP contribution in [0.3, 0.4) is 0 Å². The Hall–Kier alpha value is -1.35. The molecule has 1 aromatic rings. The van der Waals surface area contributed by atoms with Crippen molar-refractivity contribution in [3.8, 4) is 0 Å². The summed E-state index contributed by atoms with van der Waals surface area (Å²) >= 11 is 0. The molecule has 1 aromatic carbocycles. The van der Waals surface area contributed by atoms with Gasteiger partial charge in [0.2, 0.25) is 5.91 Å². The molecule has 3 heteroatoms. The van der Waals surface area contributed by atoms with E-state index in [2.05, 4.69) is 25.1 Å². The highest BCUT2D eigenvalue weighted by Crippen LogP contribution is 2.39. The lowest BCUT2D eigenvalue weighted by Crippen LogP contribution is -2.47. The fourth-order valence-corrected chi connectivity index (χ4v) is 4.35. The summed E-state index contributed by atoms with van der Waals surface area (Å²) in [6.07, 6.45) is 5.82. The van der Waals surface area contributed by atoms with Crippen LogP contribution in [0.25, 0.3) is 0 Å². The number of aliphatic hydroxyl groups excluding tert-OH is 1. The molecule has 0 aliphatic heterocycles. The van der Waals surface area contributed by atoms with Gasteiger partial charge in [0.05, 0.1) is 11.5 Å². The summed E-state index contributed by atoms with van der Waals surface area (Å²) in [7, 11) is 1.90. The maximum absolute atomic E-state index is 13.1. The largest absolute Gasteiger partial charge is 0.393 e. The predicted octanol–water partition coefficient (Wildman–Crippen LogP) is 2.90. The Morgan fingerprint density at radius 3 is 2.82 bits per heavy atom. The molecule has 1 N–H and O–H groups in total. The summed E-state index contributed by atoms with van der Waals surface area (Å²) in [4.78, 5) is 15.0. The monoisotopic (exact) mass is 301 g/mol. The van der Waals surface area contributed by atoms with Gasteiger partial charge in [-0.1, -0.05) is 30.7 Å². The second-order valence-corrected chi connectivity index (χ2v) is 7.29. The normalized spacial score (nSPS) is 30.9. The number of rotatable bonds is 3. The van der Waals surface area contributed by atoms with Crippen LogP contribution in [-0.2, 0) is 16.6 Å². The molecule has 0 heterocycles. The predicted molar refractivity (Wildman–Crippen MR) is 87.7 cm³/mol. The first kappa shape index (κ1) is 15.5. The topological polar surface area (TPSA) is 40.5 Å². The molecule has 3 nitrogen and oxygen atoms in total. The van der Waals surface area contributed by atoms with E-state index in [1.54, 1.807) is 0 Å². The molecule has 2 aliphatic rings. The summed E-state index contributed by atoms with van der Waals surface area (Å²) in [6, 6.07) is 8.37. The molecule has 1 saturated carbocycles. The van der Waals surface area contributed by atoms with Crippen molar-refractivity contribution in [3.05, 3.63) is 35.4 Å². The third kappa shape index (κ3) is 2.67. The number of carbonyl (C=O) groups is 1. The zero-order valence-corrected chi connectivity index (χ0v) is 13.7. The summed E-state index contributed by atoms with van der Waals surface area (Å²) in [5.41, 5.74) is 2.11. The van der Waals surface area contributed by atoms with Crippen molar-refractivity contribution >= 4 is 5.91 Å². The van der Waals surface area contributed by atoms with Gasteiger partial charge in [-0.25, -0.2) is 0 Å². The number of aliphatic hydroxyl groups is 1. The standard InChI is InChI=1S/C19H27NO2/c1-19(12-6-9-14-7-3-4-10-16(14)19)18(22)20(2)13-15-8-5-11-17(15)21/h3-4,7,10,15,17,21H,5-6,8-9,11-13H2,1-2H3. The van der Waals surface area contributed by atoms with E-state index in [0.29, 0.717) is 6.54 Å². The highest BCUT2D eigenvalue weighted by Gasteiger charge is 2.41. The van der Waals surface area contributed by atoms with Crippen LogP contribution >= 0.6 is 0 Å². The lowest BCUT2D eigenvalue weighted by Gasteiger charge is -2.38. The molecule has 1 fully saturated rings. The van der Waals surface area contributed by atoms with Gasteiger partial charge in [-0.15, -0.1) is 0 Å². The summed E-state index contributed by atoms with van der Waals surface area (Å²) in [5, 5.41) is 10.0. The molecule has 0 spiro atoms. The van der Waals surface area contributed by atoms with Crippen LogP contribution in [0, 0.1) is 5.92 Å². The van der Waals surface area contributed by atoms with Crippen LogP contribution in [0.5, 0.6) is 0 Å². The molecule has 0 saturated heterocycles. The number of nitrogens with zero attached hydrogens (tertiary/aromatic N) is 1. The molecule has 0 radical (unpaired) electrons. The zero-order valence-electron chi connectivity index (χ0n) is 13.7. The number of hydrogen-bond acceptors (Lipinski definition) is 2. The maximum atomic E-state index is 13.1. The van der Waals surface area contributed by atoms with Gasteiger partial charge in [-0.2, -0.15) is 0 Å². The molecule has 0 bridgehead atoms. The highest BCUT2D eigenvalue weighted by atomic mass is 16.3. The molecule has 3 rings (SSSR count). The number of likely N-dealkylation sites (N-methyl/N-ethyl adjacent to an activating group) is 1. The van der Waals surface area contributed by atoms with Gasteiger partial charge >= 0.3 is 0 Å². The van der Waals surface area contributed by atoms with E-state index in [9.17, 15) is 9.90 Å². The molecule has 120 valence electrons. The van der Waals surface area contributed by atoms with E-state index in [1.165, 1.54) is 11.1 Å². The molecule has 1 amide bonds. The maximum Gasteiger partial charge on any atom is 0.232 e. The second kappa shape index (κ2) is 6.04. The van der Waals surface area contributed by atoms with Gasteiger partial charge in [0.1, 0.15) is 0 Å². The summed E-state index contributed by atoms with van der Waals surface area (Å²) in [5.74, 6) is 0.454. The van der Waals surface area contributed by atoms with E-state index < -0.39 is 5.41 Å². The number of carbonyl (C=O) groups excluding carboxylic acids is 1. The Morgan fingerprint density at radius 2 is 2.09 bits per heavy atom. The van der Waals surface area contributed by atoms with Crippen LogP contribution in [0.1, 0.15) is 50.2 Å². The average molecular weight is 301 g/mol. The third-order valence-electron chi connectivity index (χ3n) is 5.68. The van der Waals surface area contributed by atoms with Gasteiger partial charge in [0, 0.05) is 19.5 Å². The first-order valence-corrected chi connectivity index (χ1v) is 8.54. The van der Waals surface area contributed by atoms with E-state index in [0.717, 1.165) is 38.5 Å². The van der Waals surface area contributed by atoms with Crippen LogP contribution in [0.4, 0.5) is 0 Å². The minimum absolute atomic E-state index is 0.207. The molecule has 0 aromatic heterocycles. The van der Waals surface area contributed by atoms with Crippen molar-refractivity contribution in [1.82, 2.24) is 4.90 Å². The molecule has 2 aliphatic carbocycles. The quantitative estimate of drug-likeness (QED) is 0.932. The number of fused-ring (bicyclic) bond motifs is 1. The van der Waals surface area contributed by atoms with Crippen molar-refractivity contribution in [1.29, 1.82) is 0 Å². The van der Waals surface area contributed by atoms with Crippen LogP contribution in [-0.4, -0.2) is 35.6 Å². The average Bonchev–Trinajstić information content (AvgIpc) is 2.92. The number of aryl methyl sites for hydroxylation is 1. The van der Waals surface area contributed by atoms with E-state index in [4.69, 9.17) is 0 Å². The SMILES string of the molecule is CN(CC1CCCC1O)C(=O)C1(C)CCCc2ccccc21. The Balaban J connectivity index is 1.79. The van der Waals surface area contributed by atoms with Gasteiger partial charge in [0.15, 0.2) is 0 Å². The van der Waals surface area contributed by atoms with Crippen LogP contribution < -0.4 is 0 Å². The lowest BCUT2D eigenvalue weighted by atomic mass is 9.70. The molecule has 3 atom stereocenters. The van der Waals surface area contributed by atoms with Crippen LogP contribution in [0.15, 0.2) is 24.3 Å². The molecular weight excluding hydrogens is 274 g/mol. The number of benzene rings is 1. The van der Waals surface area contributed by atoms with Crippen molar-refractivity contribution in [3.63, 3.8) is 0 Å². The first-order valence-electron chi connectivity index (χ1n) is 8.54. The Labute approximate surface area is 133 Å². The van der Waals surface area contributed by atoms with Crippen LogP contribution in [0.2, 0.25) is 0 Å². The van der Waals surface area contributed by atoms with E-state index >= 15 is 0 Å². The first-order chi connectivity index (χ1) is 10.5. The van der Waals surface area contributed by atoms with E-state index in [1.807, 2.05) is 18.0 Å². The Kier molecular flexibility index (Phi) is 4.26. The van der Waals surface area contributed by atoms with Gasteiger partial charge in [-0.05, 0) is 50.2 Å². The fraction of sp³-hybridized carbons (Fsp3) is 0.632. The van der Waals surface area contributed by atoms with Crippen molar-refractivity contribution < 1.29 is 9.90 Å². The Morgan fingerprint density at radius 1 is 1.32 bits per heavy atom. The third-order valence-corrected chi connectivity index (χ3v) is 5.68.